The molecule has 1 aliphatic carbocycles. The Morgan fingerprint density at radius 3 is 2.81 bits per heavy atom. The van der Waals surface area contributed by atoms with Crippen LogP contribution in [-0.2, 0) is 21.2 Å². The highest BCUT2D eigenvalue weighted by atomic mass is 32.2. The normalized spacial score (nSPS) is 22.4. The quantitative estimate of drug-likeness (QED) is 0.869. The molecule has 6 nitrogen and oxygen atoms in total. The maximum absolute atomic E-state index is 12.6. The van der Waals surface area contributed by atoms with E-state index >= 15 is 0 Å². The van der Waals surface area contributed by atoms with Crippen LogP contribution in [0.5, 0.6) is 0 Å². The molecule has 2 atom stereocenters. The molecule has 146 valence electrons. The van der Waals surface area contributed by atoms with E-state index in [1.54, 1.807) is 13.1 Å². The number of rotatable bonds is 4. The van der Waals surface area contributed by atoms with Crippen LogP contribution in [0.25, 0.3) is 16.5 Å². The molecule has 2 unspecified atom stereocenters. The van der Waals surface area contributed by atoms with Crippen LogP contribution in [0.2, 0.25) is 0 Å². The van der Waals surface area contributed by atoms with E-state index in [0.717, 1.165) is 34.0 Å². The highest BCUT2D eigenvalue weighted by Crippen LogP contribution is 2.42. The summed E-state index contributed by atoms with van der Waals surface area (Å²) in [5, 5.41) is 3.92. The molecule has 1 aromatic heterocycles. The van der Waals surface area contributed by atoms with Crippen molar-refractivity contribution in [2.75, 3.05) is 25.9 Å². The smallest absolute Gasteiger partial charge is 0.238 e. The van der Waals surface area contributed by atoms with Crippen molar-refractivity contribution in [3.05, 3.63) is 41.6 Å². The van der Waals surface area contributed by atoms with Gasteiger partial charge in [0.2, 0.25) is 15.9 Å². The van der Waals surface area contributed by atoms with Crippen LogP contribution in [0.4, 0.5) is 0 Å². The predicted molar refractivity (Wildman–Crippen MR) is 109 cm³/mol. The summed E-state index contributed by atoms with van der Waals surface area (Å²) in [6.45, 7) is 4.87. The van der Waals surface area contributed by atoms with E-state index in [1.165, 1.54) is 3.97 Å². The minimum Gasteiger partial charge on any atom is -0.356 e. The van der Waals surface area contributed by atoms with Crippen molar-refractivity contribution in [1.29, 1.82) is 0 Å². The fraction of sp³-hybridized carbons (Fsp3) is 0.450. The fourth-order valence-electron chi connectivity index (χ4n) is 4.36. The number of nitrogens with zero attached hydrogens (tertiary/aromatic N) is 2. The average Bonchev–Trinajstić information content (AvgIpc) is 3.03. The van der Waals surface area contributed by atoms with Gasteiger partial charge in [-0.1, -0.05) is 18.2 Å². The van der Waals surface area contributed by atoms with Crippen LogP contribution in [0.1, 0.15) is 26.4 Å². The lowest BCUT2D eigenvalue weighted by Crippen LogP contribution is -2.46. The Morgan fingerprint density at radius 1 is 1.33 bits per heavy atom. The number of benzene rings is 1. The lowest BCUT2D eigenvalue weighted by atomic mass is 9.80. The standard InChI is InChI=1S/C20H25N3O3S.H2/c1-4-21-20(24)14-9-16-15-7-6-8-17-19(15)13(10-18(16)22(3)11-14)12-23(17)27(25,26)5-2;/h6-9,12,14,18H,4-5,10-11H2,1-3H3,(H,21,24);1H. The molecule has 0 saturated heterocycles. The molecular formula is C20H27N3O3S. The number of carbonyl (C=O) groups is 1. The van der Waals surface area contributed by atoms with E-state index in [4.69, 9.17) is 0 Å². The summed E-state index contributed by atoms with van der Waals surface area (Å²) in [5.74, 6) is -0.0926. The fourth-order valence-corrected chi connectivity index (χ4v) is 5.38. The summed E-state index contributed by atoms with van der Waals surface area (Å²) >= 11 is 0. The maximum Gasteiger partial charge on any atom is 0.238 e. The van der Waals surface area contributed by atoms with Gasteiger partial charge in [-0.25, -0.2) is 12.4 Å². The number of aromatic nitrogens is 1. The van der Waals surface area contributed by atoms with Gasteiger partial charge in [0.05, 0.1) is 17.2 Å². The zero-order valence-corrected chi connectivity index (χ0v) is 16.7. The Balaban J connectivity index is 0.00000225. The molecular weight excluding hydrogens is 362 g/mol. The molecule has 0 bridgehead atoms. The topological polar surface area (TPSA) is 71.4 Å². The molecule has 4 rings (SSSR count). The monoisotopic (exact) mass is 389 g/mol. The molecule has 0 spiro atoms. The number of hydrogen-bond acceptors (Lipinski definition) is 4. The van der Waals surface area contributed by atoms with Gasteiger partial charge in [-0.15, -0.1) is 0 Å². The second-order valence-corrected chi connectivity index (χ2v) is 9.47. The van der Waals surface area contributed by atoms with E-state index in [-0.39, 0.29) is 25.0 Å². The Labute approximate surface area is 161 Å². The third kappa shape index (κ3) is 2.80. The number of hydrogen-bond donors (Lipinski definition) is 1. The first-order chi connectivity index (χ1) is 12.9. The van der Waals surface area contributed by atoms with Crippen molar-refractivity contribution in [1.82, 2.24) is 14.2 Å². The van der Waals surface area contributed by atoms with Crippen molar-refractivity contribution in [3.8, 4) is 0 Å². The van der Waals surface area contributed by atoms with Gasteiger partial charge in [-0.05, 0) is 50.1 Å². The van der Waals surface area contributed by atoms with Crippen molar-refractivity contribution < 1.29 is 14.6 Å². The Hall–Kier alpha value is -2.12. The number of likely N-dealkylation sites (N-methyl/N-ethyl adjacent to an activating group) is 1. The van der Waals surface area contributed by atoms with Gasteiger partial charge >= 0.3 is 0 Å². The molecule has 0 radical (unpaired) electrons. The van der Waals surface area contributed by atoms with E-state index in [1.807, 2.05) is 32.2 Å². The first-order valence-electron chi connectivity index (χ1n) is 9.43. The highest BCUT2D eigenvalue weighted by molar-refractivity contribution is 7.90. The van der Waals surface area contributed by atoms with Crippen molar-refractivity contribution in [2.24, 2.45) is 5.92 Å². The zero-order valence-electron chi connectivity index (χ0n) is 15.9. The predicted octanol–water partition coefficient (Wildman–Crippen LogP) is 2.09. The summed E-state index contributed by atoms with van der Waals surface area (Å²) in [5.41, 5.74) is 3.96. The molecule has 2 aromatic rings. The second kappa shape index (κ2) is 6.49. The summed E-state index contributed by atoms with van der Waals surface area (Å²) in [6, 6.07) is 5.97. The summed E-state index contributed by atoms with van der Waals surface area (Å²) in [4.78, 5) is 14.6. The lowest BCUT2D eigenvalue weighted by molar-refractivity contribution is -0.124. The van der Waals surface area contributed by atoms with Crippen LogP contribution in [0.15, 0.2) is 30.5 Å². The Morgan fingerprint density at radius 2 is 2.11 bits per heavy atom. The number of amides is 1. The third-order valence-corrected chi connectivity index (χ3v) is 7.34. The van der Waals surface area contributed by atoms with Gasteiger partial charge < -0.3 is 5.32 Å². The molecule has 27 heavy (non-hydrogen) atoms. The van der Waals surface area contributed by atoms with E-state index in [9.17, 15) is 13.2 Å². The van der Waals surface area contributed by atoms with Crippen LogP contribution in [0, 0.1) is 5.92 Å². The molecule has 1 aromatic carbocycles. The van der Waals surface area contributed by atoms with Gasteiger partial charge in [-0.3, -0.25) is 9.69 Å². The first kappa shape index (κ1) is 18.3. The second-order valence-electron chi connectivity index (χ2n) is 7.33. The largest absolute Gasteiger partial charge is 0.356 e. The first-order valence-corrected chi connectivity index (χ1v) is 11.0. The van der Waals surface area contributed by atoms with E-state index in [2.05, 4.69) is 16.3 Å². The van der Waals surface area contributed by atoms with Gasteiger partial charge in [0, 0.05) is 32.1 Å². The number of fused-ring (bicyclic) bond motifs is 2. The minimum absolute atomic E-state index is 0. The van der Waals surface area contributed by atoms with Crippen LogP contribution in [0.3, 0.4) is 0 Å². The van der Waals surface area contributed by atoms with Crippen LogP contribution < -0.4 is 5.32 Å². The summed E-state index contributed by atoms with van der Waals surface area (Å²) in [6.07, 6.45) is 4.62. The number of carbonyl (C=O) groups excluding carboxylic acids is 1. The third-order valence-electron chi connectivity index (χ3n) is 5.71. The molecule has 7 heteroatoms. The molecule has 1 N–H and O–H groups in total. The van der Waals surface area contributed by atoms with Gasteiger partial charge in [0.1, 0.15) is 0 Å². The Kier molecular flexibility index (Phi) is 4.39. The maximum atomic E-state index is 12.6. The molecule has 1 amide bonds. The SMILES string of the molecule is CCNC(=O)C1C=C2c3cccc4c3c(cn4S(=O)(=O)CC)CC2N(C)C1.[HH]. The summed E-state index contributed by atoms with van der Waals surface area (Å²) < 4.78 is 26.5. The van der Waals surface area contributed by atoms with Gasteiger partial charge in [0.15, 0.2) is 0 Å². The lowest BCUT2D eigenvalue weighted by Gasteiger charge is -2.39. The molecule has 1 aliphatic heterocycles. The van der Waals surface area contributed by atoms with Crippen molar-refractivity contribution in [2.45, 2.75) is 26.3 Å². The van der Waals surface area contributed by atoms with Gasteiger partial charge in [-0.2, -0.15) is 0 Å². The summed E-state index contributed by atoms with van der Waals surface area (Å²) in [7, 11) is -1.32. The van der Waals surface area contributed by atoms with Crippen LogP contribution >= 0.6 is 0 Å². The van der Waals surface area contributed by atoms with Crippen molar-refractivity contribution in [3.63, 3.8) is 0 Å². The van der Waals surface area contributed by atoms with Crippen LogP contribution in [-0.4, -0.2) is 55.1 Å². The average molecular weight is 390 g/mol. The van der Waals surface area contributed by atoms with Gasteiger partial charge in [0.25, 0.3) is 0 Å². The molecule has 0 saturated carbocycles. The molecule has 0 fully saturated rings. The van der Waals surface area contributed by atoms with Crippen molar-refractivity contribution >= 4 is 32.4 Å². The highest BCUT2D eigenvalue weighted by Gasteiger charge is 2.36. The van der Waals surface area contributed by atoms with E-state index < -0.39 is 10.0 Å². The Bertz CT molecular complexity index is 1060. The minimum atomic E-state index is -3.36. The van der Waals surface area contributed by atoms with E-state index in [0.29, 0.717) is 13.1 Å². The molecule has 2 heterocycles. The number of nitrogens with one attached hydrogen (secondary N) is 1. The molecule has 2 aliphatic rings. The zero-order chi connectivity index (χ0) is 19.3.